The molecule has 0 saturated carbocycles. The summed E-state index contributed by atoms with van der Waals surface area (Å²) in [7, 11) is -3.57. The van der Waals surface area contributed by atoms with Gasteiger partial charge in [0.2, 0.25) is 0 Å². The first kappa shape index (κ1) is 14.0. The molecule has 0 fully saturated rings. The molecule has 0 atom stereocenters. The van der Waals surface area contributed by atoms with Gasteiger partial charge in [-0.2, -0.15) is 0 Å². The maximum Gasteiger partial charge on any atom is 0.272 e. The molecule has 96 valence electrons. The Morgan fingerprint density at radius 2 is 2.06 bits per heavy atom. The molecule has 0 amide bonds. The number of nitrogens with zero attached hydrogens (tertiary/aromatic N) is 1. The summed E-state index contributed by atoms with van der Waals surface area (Å²) < 4.78 is 28.5. The van der Waals surface area contributed by atoms with Crippen LogP contribution in [0.4, 0.5) is 5.82 Å². The molecule has 0 saturated heterocycles. The van der Waals surface area contributed by atoms with Gasteiger partial charge < -0.3 is 0 Å². The van der Waals surface area contributed by atoms with E-state index in [1.165, 1.54) is 0 Å². The van der Waals surface area contributed by atoms with Crippen LogP contribution in [0.1, 0.15) is 5.56 Å². The summed E-state index contributed by atoms with van der Waals surface area (Å²) in [6.07, 6.45) is 1.55. The topological polar surface area (TPSA) is 59.1 Å². The van der Waals surface area contributed by atoms with Gasteiger partial charge in [0.05, 0.1) is 3.79 Å². The molecule has 8 heteroatoms. The normalized spacial score (nSPS) is 11.5. The monoisotopic (exact) mass is 410 g/mol. The van der Waals surface area contributed by atoms with E-state index < -0.39 is 10.0 Å². The summed E-state index contributed by atoms with van der Waals surface area (Å²) >= 11 is 7.67. The van der Waals surface area contributed by atoms with Gasteiger partial charge in [-0.1, -0.05) is 0 Å². The first-order valence-electron chi connectivity index (χ1n) is 4.79. The van der Waals surface area contributed by atoms with E-state index in [9.17, 15) is 8.42 Å². The minimum atomic E-state index is -3.57. The molecule has 0 bridgehead atoms. The second kappa shape index (κ2) is 5.28. The lowest BCUT2D eigenvalue weighted by molar-refractivity contribution is 0.603. The number of pyridine rings is 1. The molecule has 0 radical (unpaired) electrons. The van der Waals surface area contributed by atoms with Crippen molar-refractivity contribution >= 4 is 59.0 Å². The number of sulfonamides is 1. The number of anilines is 1. The summed E-state index contributed by atoms with van der Waals surface area (Å²) in [4.78, 5) is 4.05. The van der Waals surface area contributed by atoms with Crippen molar-refractivity contribution < 1.29 is 8.42 Å². The summed E-state index contributed by atoms with van der Waals surface area (Å²) in [5.41, 5.74) is 0.753. The molecule has 2 aromatic rings. The van der Waals surface area contributed by atoms with E-state index in [4.69, 9.17) is 0 Å². The third-order valence-electron chi connectivity index (χ3n) is 2.09. The molecule has 0 aromatic carbocycles. The zero-order chi connectivity index (χ0) is 13.3. The molecule has 0 unspecified atom stereocenters. The molecular weight excluding hydrogens is 404 g/mol. The van der Waals surface area contributed by atoms with Gasteiger partial charge in [-0.3, -0.25) is 4.72 Å². The fraction of sp³-hybridized carbons (Fsp3) is 0.100. The van der Waals surface area contributed by atoms with E-state index in [-0.39, 0.29) is 4.21 Å². The van der Waals surface area contributed by atoms with E-state index in [2.05, 4.69) is 41.6 Å². The Kier molecular flexibility index (Phi) is 4.10. The fourth-order valence-corrected chi connectivity index (χ4v) is 4.80. The highest BCUT2D eigenvalue weighted by Crippen LogP contribution is 2.28. The van der Waals surface area contributed by atoms with E-state index in [0.29, 0.717) is 5.82 Å². The van der Waals surface area contributed by atoms with E-state index >= 15 is 0 Å². The largest absolute Gasteiger partial charge is 0.272 e. The Morgan fingerprint density at radius 3 is 2.61 bits per heavy atom. The van der Waals surface area contributed by atoms with Crippen molar-refractivity contribution in [3.63, 3.8) is 0 Å². The van der Waals surface area contributed by atoms with E-state index in [1.807, 2.05) is 0 Å². The Morgan fingerprint density at radius 1 is 1.33 bits per heavy atom. The van der Waals surface area contributed by atoms with Crippen molar-refractivity contribution in [2.45, 2.75) is 11.1 Å². The Bertz CT molecular complexity index is 683. The molecule has 2 aromatic heterocycles. The summed E-state index contributed by atoms with van der Waals surface area (Å²) in [5, 5.41) is 0. The van der Waals surface area contributed by atoms with Gasteiger partial charge >= 0.3 is 0 Å². The Hall–Kier alpha value is -0.440. The lowest BCUT2D eigenvalue weighted by atomic mass is 10.3. The van der Waals surface area contributed by atoms with Crippen molar-refractivity contribution in [1.82, 2.24) is 4.98 Å². The third-order valence-corrected chi connectivity index (χ3v) is 5.98. The molecule has 2 rings (SSSR count). The number of hydrogen-bond acceptors (Lipinski definition) is 4. The van der Waals surface area contributed by atoms with E-state index in [0.717, 1.165) is 25.2 Å². The molecule has 18 heavy (non-hydrogen) atoms. The molecule has 0 spiro atoms. The maximum absolute atomic E-state index is 12.1. The fourth-order valence-electron chi connectivity index (χ4n) is 1.27. The average Bonchev–Trinajstić information content (AvgIpc) is 2.70. The zero-order valence-electron chi connectivity index (χ0n) is 9.15. The second-order valence-electron chi connectivity index (χ2n) is 3.48. The predicted molar refractivity (Wildman–Crippen MR) is 79.5 cm³/mol. The lowest BCUT2D eigenvalue weighted by Gasteiger charge is -2.08. The van der Waals surface area contributed by atoms with Gasteiger partial charge in [-0.25, -0.2) is 13.4 Å². The molecule has 4 nitrogen and oxygen atoms in total. The number of halogens is 2. The zero-order valence-corrected chi connectivity index (χ0v) is 14.0. The van der Waals surface area contributed by atoms with Crippen molar-refractivity contribution in [1.29, 1.82) is 0 Å². The number of aryl methyl sites for hydroxylation is 1. The van der Waals surface area contributed by atoms with Crippen LogP contribution in [-0.2, 0) is 10.0 Å². The molecular formula is C10H8Br2N2O2S2. The van der Waals surface area contributed by atoms with Crippen LogP contribution in [0.2, 0.25) is 0 Å². The number of rotatable bonds is 3. The predicted octanol–water partition coefficient (Wildman–Crippen LogP) is 3.78. The molecule has 2 heterocycles. The van der Waals surface area contributed by atoms with Crippen molar-refractivity contribution in [3.8, 4) is 0 Å². The number of aromatic nitrogens is 1. The third kappa shape index (κ3) is 3.11. The number of hydrogen-bond donors (Lipinski definition) is 1. The molecule has 1 N–H and O–H groups in total. The SMILES string of the molecule is Cc1cc(Br)cnc1NS(=O)(=O)c1ccc(Br)s1. The van der Waals surface area contributed by atoms with Crippen LogP contribution in [0.3, 0.4) is 0 Å². The van der Waals surface area contributed by atoms with Gasteiger partial charge in [0.15, 0.2) is 0 Å². The van der Waals surface area contributed by atoms with Gasteiger partial charge in [-0.15, -0.1) is 11.3 Å². The van der Waals surface area contributed by atoms with Gasteiger partial charge in [0.1, 0.15) is 10.0 Å². The lowest BCUT2D eigenvalue weighted by Crippen LogP contribution is -2.13. The van der Waals surface area contributed by atoms with Crippen LogP contribution in [0, 0.1) is 6.92 Å². The average molecular weight is 412 g/mol. The quantitative estimate of drug-likeness (QED) is 0.835. The van der Waals surface area contributed by atoms with Crippen LogP contribution in [0.15, 0.2) is 36.9 Å². The minimum Gasteiger partial charge on any atom is -0.262 e. The van der Waals surface area contributed by atoms with Crippen molar-refractivity contribution in [3.05, 3.63) is 38.2 Å². The first-order valence-corrected chi connectivity index (χ1v) is 8.67. The summed E-state index contributed by atoms with van der Waals surface area (Å²) in [6.45, 7) is 1.79. The maximum atomic E-state index is 12.1. The Balaban J connectivity index is 2.33. The summed E-state index contributed by atoms with van der Waals surface area (Å²) in [6, 6.07) is 5.04. The van der Waals surface area contributed by atoms with Crippen LogP contribution < -0.4 is 4.72 Å². The smallest absolute Gasteiger partial charge is 0.262 e. The van der Waals surface area contributed by atoms with Gasteiger partial charge in [0.25, 0.3) is 10.0 Å². The second-order valence-corrected chi connectivity index (χ2v) is 8.77. The molecule has 0 aliphatic rings. The highest BCUT2D eigenvalue weighted by Gasteiger charge is 2.18. The van der Waals surface area contributed by atoms with Gasteiger partial charge in [0, 0.05) is 10.7 Å². The van der Waals surface area contributed by atoms with Crippen LogP contribution in [-0.4, -0.2) is 13.4 Å². The van der Waals surface area contributed by atoms with Gasteiger partial charge in [-0.05, 0) is 62.5 Å². The number of nitrogens with one attached hydrogen (secondary N) is 1. The molecule has 0 aliphatic heterocycles. The van der Waals surface area contributed by atoms with Crippen LogP contribution in [0.25, 0.3) is 0 Å². The molecule has 0 aliphatic carbocycles. The minimum absolute atomic E-state index is 0.249. The van der Waals surface area contributed by atoms with Crippen molar-refractivity contribution in [2.75, 3.05) is 4.72 Å². The summed E-state index contributed by atoms with van der Waals surface area (Å²) in [5.74, 6) is 0.336. The van der Waals surface area contributed by atoms with Crippen molar-refractivity contribution in [2.24, 2.45) is 0 Å². The van der Waals surface area contributed by atoms with Crippen LogP contribution >= 0.6 is 43.2 Å². The highest BCUT2D eigenvalue weighted by molar-refractivity contribution is 9.11. The van der Waals surface area contributed by atoms with Crippen LogP contribution in [0.5, 0.6) is 0 Å². The first-order chi connectivity index (χ1) is 8.38. The Labute approximate surface area is 126 Å². The van der Waals surface area contributed by atoms with E-state index in [1.54, 1.807) is 31.3 Å². The number of thiophene rings is 1. The highest BCUT2D eigenvalue weighted by atomic mass is 79.9. The standard InChI is InChI=1S/C10H8Br2N2O2S2/c1-6-4-7(11)5-13-10(6)14-18(15,16)9-3-2-8(12)17-9/h2-5H,1H3,(H,13,14).